The first-order chi connectivity index (χ1) is 13.5. The molecule has 10 nitrogen and oxygen atoms in total. The van der Waals surface area contributed by atoms with Crippen LogP contribution in [0.3, 0.4) is 0 Å². The first-order valence-corrected chi connectivity index (χ1v) is 11.2. The van der Waals surface area contributed by atoms with Crippen LogP contribution in [0.5, 0.6) is 5.75 Å². The highest BCUT2D eigenvalue weighted by Crippen LogP contribution is 2.30. The van der Waals surface area contributed by atoms with Crippen LogP contribution in [-0.2, 0) is 20.0 Å². The van der Waals surface area contributed by atoms with Gasteiger partial charge in [-0.05, 0) is 30.3 Å². The highest BCUT2D eigenvalue weighted by atomic mass is 32.2. The molecule has 0 spiro atoms. The molecule has 0 atom stereocenters. The quantitative estimate of drug-likeness (QED) is 0.538. The molecule has 2 aromatic carbocycles. The maximum Gasteiger partial charge on any atom is 0.292 e. The van der Waals surface area contributed by atoms with Gasteiger partial charge in [0.25, 0.3) is 15.7 Å². The van der Waals surface area contributed by atoms with Gasteiger partial charge in [-0.3, -0.25) is 10.1 Å². The summed E-state index contributed by atoms with van der Waals surface area (Å²) in [7, 11) is -8.47. The van der Waals surface area contributed by atoms with Gasteiger partial charge in [0.15, 0.2) is 4.90 Å². The molecule has 1 N–H and O–H groups in total. The number of nitrogens with zero attached hydrogens (tertiary/aromatic N) is 3. The molecule has 1 aliphatic rings. The van der Waals surface area contributed by atoms with Crippen LogP contribution in [0, 0.1) is 15.9 Å². The van der Waals surface area contributed by atoms with E-state index in [4.69, 9.17) is 0 Å². The van der Waals surface area contributed by atoms with Gasteiger partial charge in [-0.1, -0.05) is 6.07 Å². The molecular weight excluding hydrogens is 429 g/mol. The second-order valence-electron chi connectivity index (χ2n) is 6.15. The Labute approximate surface area is 166 Å². The summed E-state index contributed by atoms with van der Waals surface area (Å²) >= 11 is 0. The number of hydrogen-bond acceptors (Lipinski definition) is 7. The lowest BCUT2D eigenvalue weighted by Crippen LogP contribution is -2.50. The van der Waals surface area contributed by atoms with Crippen LogP contribution < -0.4 is 0 Å². The third-order valence-corrected chi connectivity index (χ3v) is 8.29. The molecule has 29 heavy (non-hydrogen) atoms. The van der Waals surface area contributed by atoms with Crippen molar-refractivity contribution in [3.05, 3.63) is 58.4 Å². The molecular formula is C16H16FN3O7S2. The summed E-state index contributed by atoms with van der Waals surface area (Å²) < 4.78 is 66.9. The number of nitro groups is 1. The number of rotatable bonds is 5. The van der Waals surface area contributed by atoms with E-state index in [1.165, 1.54) is 24.3 Å². The number of benzene rings is 2. The monoisotopic (exact) mass is 445 g/mol. The minimum absolute atomic E-state index is 0.0728. The lowest BCUT2D eigenvalue weighted by molar-refractivity contribution is -0.388. The summed E-state index contributed by atoms with van der Waals surface area (Å²) in [5.41, 5.74) is -0.885. The van der Waals surface area contributed by atoms with E-state index in [0.717, 1.165) is 26.8 Å². The van der Waals surface area contributed by atoms with Gasteiger partial charge in [0, 0.05) is 32.2 Å². The molecule has 3 rings (SSSR count). The van der Waals surface area contributed by atoms with E-state index in [0.29, 0.717) is 0 Å². The molecule has 1 heterocycles. The number of sulfonamides is 2. The van der Waals surface area contributed by atoms with E-state index in [9.17, 15) is 36.4 Å². The molecule has 156 valence electrons. The SMILES string of the molecule is O=[N+]([O-])c1cccc(F)c1S(=O)(=O)N1CCN(S(=O)(=O)c2ccc(O)cc2)CC1. The molecule has 0 saturated carbocycles. The van der Waals surface area contributed by atoms with Crippen molar-refractivity contribution in [3.8, 4) is 5.75 Å². The second kappa shape index (κ2) is 7.67. The Hall–Kier alpha value is -2.61. The maximum absolute atomic E-state index is 14.1. The van der Waals surface area contributed by atoms with Crippen molar-refractivity contribution in [1.29, 1.82) is 0 Å². The molecule has 0 radical (unpaired) electrons. The lowest BCUT2D eigenvalue weighted by atomic mass is 10.3. The maximum atomic E-state index is 14.1. The molecule has 0 aromatic heterocycles. The third kappa shape index (κ3) is 3.94. The number of nitro benzene ring substituents is 1. The van der Waals surface area contributed by atoms with Gasteiger partial charge in [0.1, 0.15) is 11.6 Å². The van der Waals surface area contributed by atoms with Crippen molar-refractivity contribution in [1.82, 2.24) is 8.61 Å². The largest absolute Gasteiger partial charge is 0.508 e. The number of hydrogen-bond donors (Lipinski definition) is 1. The average molecular weight is 445 g/mol. The molecule has 1 saturated heterocycles. The van der Waals surface area contributed by atoms with Gasteiger partial charge in [-0.15, -0.1) is 0 Å². The zero-order valence-electron chi connectivity index (χ0n) is 14.8. The number of halogens is 1. The first kappa shape index (κ1) is 21.1. The van der Waals surface area contributed by atoms with Crippen molar-refractivity contribution < 1.29 is 31.3 Å². The van der Waals surface area contributed by atoms with Gasteiger partial charge in [0.2, 0.25) is 10.0 Å². The van der Waals surface area contributed by atoms with E-state index in [1.807, 2.05) is 0 Å². The minimum atomic E-state index is -4.55. The molecule has 13 heteroatoms. The Morgan fingerprint density at radius 3 is 1.93 bits per heavy atom. The van der Waals surface area contributed by atoms with Gasteiger partial charge in [-0.25, -0.2) is 21.2 Å². The lowest BCUT2D eigenvalue weighted by Gasteiger charge is -2.33. The average Bonchev–Trinajstić information content (AvgIpc) is 2.68. The summed E-state index contributed by atoms with van der Waals surface area (Å²) in [5.74, 6) is -1.36. The highest BCUT2D eigenvalue weighted by molar-refractivity contribution is 7.89. The van der Waals surface area contributed by atoms with Crippen LogP contribution in [0.1, 0.15) is 0 Å². The topological polar surface area (TPSA) is 138 Å². The zero-order chi connectivity index (χ0) is 21.4. The van der Waals surface area contributed by atoms with E-state index >= 15 is 0 Å². The number of phenolic OH excluding ortho intramolecular Hbond substituents is 1. The van der Waals surface area contributed by atoms with E-state index < -0.39 is 41.4 Å². The van der Waals surface area contributed by atoms with Crippen molar-refractivity contribution in [2.24, 2.45) is 0 Å². The number of phenols is 1. The summed E-state index contributed by atoms with van der Waals surface area (Å²) in [5, 5.41) is 20.4. The summed E-state index contributed by atoms with van der Waals surface area (Å²) in [6.45, 7) is -1.04. The normalized spacial score (nSPS) is 16.6. The first-order valence-electron chi connectivity index (χ1n) is 8.27. The summed E-state index contributed by atoms with van der Waals surface area (Å²) in [6, 6.07) is 7.60. The van der Waals surface area contributed by atoms with Gasteiger partial charge in [-0.2, -0.15) is 8.61 Å². The Balaban J connectivity index is 1.84. The molecule has 0 bridgehead atoms. The van der Waals surface area contributed by atoms with Crippen LogP contribution in [-0.4, -0.2) is 61.7 Å². The van der Waals surface area contributed by atoms with E-state index in [1.54, 1.807) is 0 Å². The van der Waals surface area contributed by atoms with Crippen LogP contribution in [0.2, 0.25) is 0 Å². The fraction of sp³-hybridized carbons (Fsp3) is 0.250. The molecule has 0 aliphatic carbocycles. The Morgan fingerprint density at radius 1 is 0.897 bits per heavy atom. The zero-order valence-corrected chi connectivity index (χ0v) is 16.4. The molecule has 2 aromatic rings. The van der Waals surface area contributed by atoms with Crippen molar-refractivity contribution >= 4 is 25.7 Å². The van der Waals surface area contributed by atoms with Crippen molar-refractivity contribution in [2.75, 3.05) is 26.2 Å². The van der Waals surface area contributed by atoms with Crippen LogP contribution in [0.4, 0.5) is 10.1 Å². The Kier molecular flexibility index (Phi) is 5.58. The predicted molar refractivity (Wildman–Crippen MR) is 98.7 cm³/mol. The molecule has 0 amide bonds. The van der Waals surface area contributed by atoms with Crippen LogP contribution in [0.25, 0.3) is 0 Å². The Bertz CT molecular complexity index is 1140. The Morgan fingerprint density at radius 2 is 1.41 bits per heavy atom. The smallest absolute Gasteiger partial charge is 0.292 e. The fourth-order valence-corrected chi connectivity index (χ4v) is 5.99. The minimum Gasteiger partial charge on any atom is -0.508 e. The molecule has 0 unspecified atom stereocenters. The standard InChI is InChI=1S/C16H16FN3O7S2/c17-14-2-1-3-15(20(22)23)16(14)29(26,27)19-10-8-18(9-11-19)28(24,25)13-6-4-12(21)5-7-13/h1-7,21H,8-11H2. The fourth-order valence-electron chi connectivity index (χ4n) is 2.94. The van der Waals surface area contributed by atoms with Crippen LogP contribution in [0.15, 0.2) is 52.3 Å². The molecule has 1 fully saturated rings. The number of aromatic hydroxyl groups is 1. The summed E-state index contributed by atoms with van der Waals surface area (Å²) in [4.78, 5) is 9.02. The van der Waals surface area contributed by atoms with Crippen molar-refractivity contribution in [3.63, 3.8) is 0 Å². The molecule has 1 aliphatic heterocycles. The number of piperazine rings is 1. The predicted octanol–water partition coefficient (Wildman–Crippen LogP) is 1.13. The highest BCUT2D eigenvalue weighted by Gasteiger charge is 2.38. The van der Waals surface area contributed by atoms with E-state index in [2.05, 4.69) is 0 Å². The van der Waals surface area contributed by atoms with E-state index in [-0.39, 0.29) is 36.8 Å². The van der Waals surface area contributed by atoms with Gasteiger partial charge < -0.3 is 5.11 Å². The second-order valence-corrected chi connectivity index (χ2v) is 9.96. The van der Waals surface area contributed by atoms with Gasteiger partial charge in [0.05, 0.1) is 9.82 Å². The van der Waals surface area contributed by atoms with Crippen LogP contribution >= 0.6 is 0 Å². The third-order valence-electron chi connectivity index (χ3n) is 4.41. The van der Waals surface area contributed by atoms with Crippen molar-refractivity contribution in [2.45, 2.75) is 9.79 Å². The summed E-state index contributed by atoms with van der Waals surface area (Å²) in [6.07, 6.45) is 0. The van der Waals surface area contributed by atoms with Gasteiger partial charge >= 0.3 is 0 Å².